The number of halogens is 3. The van der Waals surface area contributed by atoms with Gasteiger partial charge in [-0.1, -0.05) is 24.3 Å². The maximum atomic E-state index is 13.4. The molecule has 164 valence electrons. The quantitative estimate of drug-likeness (QED) is 0.716. The SMILES string of the molecule is CC1CN(Cc2cccc(CNc3ccc(S(N)(=O)=O)cc3C(F)(F)F)c2)CCO1. The molecule has 0 aliphatic carbocycles. The number of anilines is 1. The number of alkyl halides is 3. The molecule has 30 heavy (non-hydrogen) atoms. The van der Waals surface area contributed by atoms with Gasteiger partial charge in [0.1, 0.15) is 0 Å². The molecule has 1 heterocycles. The number of primary sulfonamides is 1. The number of ether oxygens (including phenoxy) is 1. The van der Waals surface area contributed by atoms with Crippen LogP contribution < -0.4 is 10.5 Å². The Kier molecular flexibility index (Phi) is 6.71. The molecule has 1 unspecified atom stereocenters. The Labute approximate surface area is 173 Å². The van der Waals surface area contributed by atoms with Crippen LogP contribution in [0.15, 0.2) is 47.4 Å². The number of sulfonamides is 1. The first kappa shape index (κ1) is 22.5. The van der Waals surface area contributed by atoms with Crippen molar-refractivity contribution in [3.8, 4) is 0 Å². The van der Waals surface area contributed by atoms with Crippen LogP contribution in [0.25, 0.3) is 0 Å². The Balaban J connectivity index is 1.74. The summed E-state index contributed by atoms with van der Waals surface area (Å²) >= 11 is 0. The summed E-state index contributed by atoms with van der Waals surface area (Å²) in [6, 6.07) is 10.3. The van der Waals surface area contributed by atoms with Crippen LogP contribution in [0.3, 0.4) is 0 Å². The third kappa shape index (κ3) is 5.94. The molecule has 0 amide bonds. The second kappa shape index (κ2) is 8.93. The molecule has 1 atom stereocenters. The zero-order chi connectivity index (χ0) is 21.9. The number of hydrogen-bond acceptors (Lipinski definition) is 5. The van der Waals surface area contributed by atoms with Gasteiger partial charge in [-0.25, -0.2) is 13.6 Å². The Hall–Kier alpha value is -2.14. The van der Waals surface area contributed by atoms with Gasteiger partial charge < -0.3 is 10.1 Å². The lowest BCUT2D eigenvalue weighted by Gasteiger charge is -2.31. The second-order valence-corrected chi connectivity index (χ2v) is 8.90. The van der Waals surface area contributed by atoms with Gasteiger partial charge in [0, 0.05) is 31.9 Å². The summed E-state index contributed by atoms with van der Waals surface area (Å²) in [5.74, 6) is 0. The molecule has 2 aromatic rings. The van der Waals surface area contributed by atoms with E-state index >= 15 is 0 Å². The number of rotatable bonds is 6. The largest absolute Gasteiger partial charge is 0.418 e. The van der Waals surface area contributed by atoms with Crippen LogP contribution in [-0.4, -0.2) is 39.1 Å². The average Bonchev–Trinajstić information content (AvgIpc) is 2.65. The van der Waals surface area contributed by atoms with E-state index in [9.17, 15) is 21.6 Å². The fourth-order valence-electron chi connectivity index (χ4n) is 3.42. The second-order valence-electron chi connectivity index (χ2n) is 7.34. The van der Waals surface area contributed by atoms with Crippen molar-refractivity contribution in [1.82, 2.24) is 4.90 Å². The van der Waals surface area contributed by atoms with Gasteiger partial charge in [0.15, 0.2) is 0 Å². The minimum atomic E-state index is -4.72. The lowest BCUT2D eigenvalue weighted by atomic mass is 10.1. The molecule has 2 aromatic carbocycles. The van der Waals surface area contributed by atoms with Gasteiger partial charge in [0.25, 0.3) is 0 Å². The summed E-state index contributed by atoms with van der Waals surface area (Å²) in [7, 11) is -4.23. The molecule has 1 aliphatic rings. The minimum Gasteiger partial charge on any atom is -0.380 e. The molecule has 0 saturated carbocycles. The monoisotopic (exact) mass is 443 g/mol. The summed E-state index contributed by atoms with van der Waals surface area (Å²) in [6.45, 7) is 5.25. The van der Waals surface area contributed by atoms with Crippen molar-refractivity contribution >= 4 is 15.7 Å². The van der Waals surface area contributed by atoms with Crippen LogP contribution in [-0.2, 0) is 34.0 Å². The lowest BCUT2D eigenvalue weighted by Crippen LogP contribution is -2.40. The fourth-order valence-corrected chi connectivity index (χ4v) is 3.96. The predicted octanol–water partition coefficient (Wildman–Crippen LogP) is 3.19. The first-order valence-electron chi connectivity index (χ1n) is 9.42. The number of nitrogens with two attached hydrogens (primary N) is 1. The number of benzene rings is 2. The number of nitrogens with zero attached hydrogens (tertiary/aromatic N) is 1. The van der Waals surface area contributed by atoms with Crippen molar-refractivity contribution in [3.05, 3.63) is 59.2 Å². The Morgan fingerprint density at radius 2 is 1.93 bits per heavy atom. The molecular weight excluding hydrogens is 419 g/mol. The molecule has 1 aliphatic heterocycles. The molecule has 6 nitrogen and oxygen atoms in total. The van der Waals surface area contributed by atoms with E-state index in [1.54, 1.807) is 0 Å². The van der Waals surface area contributed by atoms with Crippen LogP contribution >= 0.6 is 0 Å². The fraction of sp³-hybridized carbons (Fsp3) is 0.400. The summed E-state index contributed by atoms with van der Waals surface area (Å²) in [6.07, 6.45) is -4.55. The van der Waals surface area contributed by atoms with Crippen molar-refractivity contribution in [1.29, 1.82) is 0 Å². The predicted molar refractivity (Wildman–Crippen MR) is 107 cm³/mol. The van der Waals surface area contributed by atoms with E-state index in [0.717, 1.165) is 42.9 Å². The van der Waals surface area contributed by atoms with E-state index in [2.05, 4.69) is 10.2 Å². The highest BCUT2D eigenvalue weighted by Gasteiger charge is 2.34. The van der Waals surface area contributed by atoms with Gasteiger partial charge in [-0.3, -0.25) is 4.90 Å². The van der Waals surface area contributed by atoms with E-state index in [0.29, 0.717) is 12.7 Å². The number of nitrogens with one attached hydrogen (secondary N) is 1. The van der Waals surface area contributed by atoms with E-state index in [1.165, 1.54) is 0 Å². The highest BCUT2D eigenvalue weighted by Crippen LogP contribution is 2.36. The molecule has 0 spiro atoms. The van der Waals surface area contributed by atoms with Gasteiger partial charge in [-0.15, -0.1) is 0 Å². The van der Waals surface area contributed by atoms with Crippen LogP contribution in [0, 0.1) is 0 Å². The van der Waals surface area contributed by atoms with Crippen LogP contribution in [0.1, 0.15) is 23.6 Å². The average molecular weight is 443 g/mol. The van der Waals surface area contributed by atoms with Gasteiger partial charge >= 0.3 is 6.18 Å². The highest BCUT2D eigenvalue weighted by atomic mass is 32.2. The van der Waals surface area contributed by atoms with Gasteiger partial charge in [0.05, 0.1) is 23.2 Å². The Morgan fingerprint density at radius 1 is 1.20 bits per heavy atom. The summed E-state index contributed by atoms with van der Waals surface area (Å²) in [5.41, 5.74) is 0.594. The molecule has 0 aromatic heterocycles. The number of hydrogen-bond donors (Lipinski definition) is 2. The van der Waals surface area contributed by atoms with Crippen LogP contribution in [0.2, 0.25) is 0 Å². The molecule has 1 saturated heterocycles. The zero-order valence-corrected chi connectivity index (χ0v) is 17.3. The minimum absolute atomic E-state index is 0.158. The zero-order valence-electron chi connectivity index (χ0n) is 16.4. The van der Waals surface area contributed by atoms with Crippen molar-refractivity contribution in [3.63, 3.8) is 0 Å². The van der Waals surface area contributed by atoms with Crippen molar-refractivity contribution in [2.75, 3.05) is 25.0 Å². The summed E-state index contributed by atoms with van der Waals surface area (Å²) in [5, 5.41) is 7.72. The third-order valence-corrected chi connectivity index (χ3v) is 5.74. The summed E-state index contributed by atoms with van der Waals surface area (Å²) in [4.78, 5) is 1.69. The van der Waals surface area contributed by atoms with Crippen molar-refractivity contribution < 1.29 is 26.3 Å². The van der Waals surface area contributed by atoms with E-state index in [1.807, 2.05) is 31.2 Å². The molecule has 0 bridgehead atoms. The smallest absolute Gasteiger partial charge is 0.380 e. The topological polar surface area (TPSA) is 84.7 Å². The lowest BCUT2D eigenvalue weighted by molar-refractivity contribution is -0.137. The Bertz CT molecular complexity index is 996. The van der Waals surface area contributed by atoms with Gasteiger partial charge in [-0.2, -0.15) is 13.2 Å². The molecule has 0 radical (unpaired) electrons. The number of morpholine rings is 1. The molecule has 3 N–H and O–H groups in total. The first-order valence-corrected chi connectivity index (χ1v) is 11.0. The molecule has 1 fully saturated rings. The first-order chi connectivity index (χ1) is 14.0. The maximum Gasteiger partial charge on any atom is 0.418 e. The Morgan fingerprint density at radius 3 is 2.60 bits per heavy atom. The third-order valence-electron chi connectivity index (χ3n) is 4.83. The van der Waals surface area contributed by atoms with Crippen molar-refractivity contribution in [2.45, 2.75) is 37.2 Å². The van der Waals surface area contributed by atoms with Gasteiger partial charge in [0.2, 0.25) is 10.0 Å². The maximum absolute atomic E-state index is 13.4. The molecule has 10 heteroatoms. The normalized spacial score (nSPS) is 18.4. The van der Waals surface area contributed by atoms with E-state index in [-0.39, 0.29) is 18.3 Å². The van der Waals surface area contributed by atoms with Crippen LogP contribution in [0.4, 0.5) is 18.9 Å². The van der Waals surface area contributed by atoms with E-state index < -0.39 is 26.7 Å². The standard InChI is InChI=1S/C20H24F3N3O3S/c1-14-12-26(7-8-29-14)13-16-4-2-3-15(9-16)11-25-19-6-5-17(30(24,27)28)10-18(19)20(21,22)23/h2-6,9-10,14,25H,7-8,11-13H2,1H3,(H2,24,27,28). The summed E-state index contributed by atoms with van der Waals surface area (Å²) < 4.78 is 68.6. The molecule has 3 rings (SSSR count). The van der Waals surface area contributed by atoms with Crippen LogP contribution in [0.5, 0.6) is 0 Å². The highest BCUT2D eigenvalue weighted by molar-refractivity contribution is 7.89. The van der Waals surface area contributed by atoms with Crippen molar-refractivity contribution in [2.24, 2.45) is 5.14 Å². The van der Waals surface area contributed by atoms with E-state index in [4.69, 9.17) is 9.88 Å². The van der Waals surface area contributed by atoms with Gasteiger partial charge in [-0.05, 0) is 36.2 Å². The molecular formula is C20H24F3N3O3S.